The summed E-state index contributed by atoms with van der Waals surface area (Å²) in [6, 6.07) is 4.99. The number of hydrogen-bond donors (Lipinski definition) is 2. The normalized spacial score (nSPS) is 10.1. The summed E-state index contributed by atoms with van der Waals surface area (Å²) in [7, 11) is 0. The van der Waals surface area contributed by atoms with Crippen LogP contribution >= 0.6 is 0 Å². The van der Waals surface area contributed by atoms with Crippen molar-refractivity contribution >= 4 is 17.6 Å². The first-order chi connectivity index (χ1) is 9.58. The Hall–Kier alpha value is -2.76. The highest BCUT2D eigenvalue weighted by Crippen LogP contribution is 2.14. The van der Waals surface area contributed by atoms with Crippen LogP contribution < -0.4 is 5.32 Å². The first kappa shape index (κ1) is 13.7. The summed E-state index contributed by atoms with van der Waals surface area (Å²) in [5.41, 5.74) is 1.75. The molecule has 20 heavy (non-hydrogen) atoms. The van der Waals surface area contributed by atoms with Crippen LogP contribution in [0.1, 0.15) is 21.6 Å². The second kappa shape index (κ2) is 5.92. The number of carboxylic acid groups (broad SMARTS) is 1. The fourth-order valence-electron chi connectivity index (χ4n) is 1.73. The number of pyridine rings is 2. The Morgan fingerprint density at radius 3 is 2.80 bits per heavy atom. The highest BCUT2D eigenvalue weighted by atomic mass is 16.4. The largest absolute Gasteiger partial charge is 0.478 e. The molecular formula is C14H13N3O3. The van der Waals surface area contributed by atoms with Crippen molar-refractivity contribution in [1.29, 1.82) is 0 Å². The molecule has 1 amide bonds. The third kappa shape index (κ3) is 3.17. The number of aromatic carboxylic acids is 1. The first-order valence-electron chi connectivity index (χ1n) is 5.95. The van der Waals surface area contributed by atoms with Gasteiger partial charge in [-0.05, 0) is 24.6 Å². The molecule has 102 valence electrons. The van der Waals surface area contributed by atoms with Gasteiger partial charge in [-0.3, -0.25) is 14.8 Å². The maximum atomic E-state index is 11.9. The van der Waals surface area contributed by atoms with E-state index in [-0.39, 0.29) is 23.6 Å². The molecule has 2 heterocycles. The third-order valence-corrected chi connectivity index (χ3v) is 2.77. The van der Waals surface area contributed by atoms with E-state index in [1.165, 1.54) is 18.5 Å². The number of rotatable bonds is 4. The molecule has 6 nitrogen and oxygen atoms in total. The SMILES string of the molecule is Cc1cccnc1CC(=O)Nc1cnccc1C(=O)O. The van der Waals surface area contributed by atoms with Crippen molar-refractivity contribution in [3.05, 3.63) is 53.6 Å². The van der Waals surface area contributed by atoms with Crippen molar-refractivity contribution in [2.45, 2.75) is 13.3 Å². The molecule has 2 aromatic heterocycles. The molecule has 0 saturated heterocycles. The molecule has 6 heteroatoms. The van der Waals surface area contributed by atoms with Gasteiger partial charge in [-0.15, -0.1) is 0 Å². The van der Waals surface area contributed by atoms with E-state index >= 15 is 0 Å². The third-order valence-electron chi connectivity index (χ3n) is 2.77. The van der Waals surface area contributed by atoms with Crippen LogP contribution in [0, 0.1) is 6.92 Å². The first-order valence-corrected chi connectivity index (χ1v) is 5.95. The van der Waals surface area contributed by atoms with Crippen LogP contribution in [0.5, 0.6) is 0 Å². The number of carbonyl (C=O) groups is 2. The predicted molar refractivity (Wildman–Crippen MR) is 72.5 cm³/mol. The summed E-state index contributed by atoms with van der Waals surface area (Å²) < 4.78 is 0. The van der Waals surface area contributed by atoms with Gasteiger partial charge < -0.3 is 10.4 Å². The molecule has 0 aliphatic carbocycles. The van der Waals surface area contributed by atoms with Crippen LogP contribution in [-0.4, -0.2) is 27.0 Å². The topological polar surface area (TPSA) is 92.2 Å². The zero-order valence-electron chi connectivity index (χ0n) is 10.8. The summed E-state index contributed by atoms with van der Waals surface area (Å²) in [5, 5.41) is 11.6. The highest BCUT2D eigenvalue weighted by Gasteiger charge is 2.13. The van der Waals surface area contributed by atoms with Gasteiger partial charge in [-0.25, -0.2) is 4.79 Å². The average Bonchev–Trinajstić information content (AvgIpc) is 2.41. The summed E-state index contributed by atoms with van der Waals surface area (Å²) in [5.74, 6) is -1.45. The quantitative estimate of drug-likeness (QED) is 0.882. The number of anilines is 1. The molecule has 0 fully saturated rings. The van der Waals surface area contributed by atoms with Gasteiger partial charge in [-0.2, -0.15) is 0 Å². The van der Waals surface area contributed by atoms with E-state index in [2.05, 4.69) is 15.3 Å². The van der Waals surface area contributed by atoms with E-state index in [4.69, 9.17) is 5.11 Å². The number of carboxylic acids is 1. The number of aryl methyl sites for hydroxylation is 1. The van der Waals surface area contributed by atoms with E-state index in [1.807, 2.05) is 13.0 Å². The molecule has 0 spiro atoms. The molecule has 0 atom stereocenters. The lowest BCUT2D eigenvalue weighted by atomic mass is 10.1. The molecule has 0 aliphatic rings. The summed E-state index contributed by atoms with van der Waals surface area (Å²) in [6.07, 6.45) is 4.37. The predicted octanol–water partition coefficient (Wildman–Crippen LogP) is 1.66. The Labute approximate surface area is 115 Å². The zero-order chi connectivity index (χ0) is 14.5. The van der Waals surface area contributed by atoms with E-state index in [0.29, 0.717) is 5.69 Å². The molecule has 2 aromatic rings. The number of hydrogen-bond acceptors (Lipinski definition) is 4. The van der Waals surface area contributed by atoms with Crippen molar-refractivity contribution < 1.29 is 14.7 Å². The lowest BCUT2D eigenvalue weighted by molar-refractivity contribution is -0.115. The standard InChI is InChI=1S/C14H13N3O3/c1-9-3-2-5-16-11(9)7-13(18)17-12-8-15-6-4-10(12)14(19)20/h2-6,8H,7H2,1H3,(H,17,18)(H,19,20). The van der Waals surface area contributed by atoms with Gasteiger partial charge in [0.25, 0.3) is 0 Å². The molecule has 2 rings (SSSR count). The Morgan fingerprint density at radius 2 is 2.10 bits per heavy atom. The Morgan fingerprint density at radius 1 is 1.30 bits per heavy atom. The zero-order valence-corrected chi connectivity index (χ0v) is 10.8. The van der Waals surface area contributed by atoms with E-state index < -0.39 is 5.97 Å². The van der Waals surface area contributed by atoms with Gasteiger partial charge in [0.05, 0.1) is 29.6 Å². The Balaban J connectivity index is 2.13. The molecule has 0 bridgehead atoms. The van der Waals surface area contributed by atoms with Crippen LogP contribution in [0.15, 0.2) is 36.8 Å². The minimum absolute atomic E-state index is 0.00564. The minimum atomic E-state index is -1.11. The van der Waals surface area contributed by atoms with E-state index in [0.717, 1.165) is 5.56 Å². The van der Waals surface area contributed by atoms with Crippen molar-refractivity contribution in [3.63, 3.8) is 0 Å². The smallest absolute Gasteiger partial charge is 0.337 e. The fraction of sp³-hybridized carbons (Fsp3) is 0.143. The lowest BCUT2D eigenvalue weighted by Gasteiger charge is -2.08. The van der Waals surface area contributed by atoms with Gasteiger partial charge in [0, 0.05) is 12.4 Å². The summed E-state index contributed by atoms with van der Waals surface area (Å²) >= 11 is 0. The van der Waals surface area contributed by atoms with Crippen LogP contribution in [0.4, 0.5) is 5.69 Å². The molecule has 0 aliphatic heterocycles. The maximum absolute atomic E-state index is 11.9. The second-order valence-corrected chi connectivity index (χ2v) is 4.22. The number of nitrogens with zero attached hydrogens (tertiary/aromatic N) is 2. The number of amides is 1. The number of aromatic nitrogens is 2. The van der Waals surface area contributed by atoms with Gasteiger partial charge in [-0.1, -0.05) is 6.07 Å². The van der Waals surface area contributed by atoms with Gasteiger partial charge in [0.1, 0.15) is 0 Å². The van der Waals surface area contributed by atoms with Crippen LogP contribution in [0.2, 0.25) is 0 Å². The summed E-state index contributed by atoms with van der Waals surface area (Å²) in [4.78, 5) is 30.9. The molecular weight excluding hydrogens is 258 g/mol. The Bertz CT molecular complexity index is 656. The van der Waals surface area contributed by atoms with E-state index in [9.17, 15) is 9.59 Å². The highest BCUT2D eigenvalue weighted by molar-refractivity contribution is 6.00. The Kier molecular flexibility index (Phi) is 4.05. The molecule has 0 saturated carbocycles. The van der Waals surface area contributed by atoms with Crippen molar-refractivity contribution in [2.75, 3.05) is 5.32 Å². The van der Waals surface area contributed by atoms with E-state index in [1.54, 1.807) is 12.3 Å². The van der Waals surface area contributed by atoms with Crippen molar-refractivity contribution in [1.82, 2.24) is 9.97 Å². The lowest BCUT2D eigenvalue weighted by Crippen LogP contribution is -2.18. The van der Waals surface area contributed by atoms with Crippen LogP contribution in [0.25, 0.3) is 0 Å². The van der Waals surface area contributed by atoms with Crippen LogP contribution in [-0.2, 0) is 11.2 Å². The molecule has 0 aromatic carbocycles. The minimum Gasteiger partial charge on any atom is -0.478 e. The average molecular weight is 271 g/mol. The molecule has 0 radical (unpaired) electrons. The van der Waals surface area contributed by atoms with Crippen molar-refractivity contribution in [3.8, 4) is 0 Å². The monoisotopic (exact) mass is 271 g/mol. The van der Waals surface area contributed by atoms with Crippen molar-refractivity contribution in [2.24, 2.45) is 0 Å². The number of nitrogens with one attached hydrogen (secondary N) is 1. The maximum Gasteiger partial charge on any atom is 0.337 e. The van der Waals surface area contributed by atoms with Crippen LogP contribution in [0.3, 0.4) is 0 Å². The van der Waals surface area contributed by atoms with Gasteiger partial charge in [0.15, 0.2) is 0 Å². The molecule has 0 unspecified atom stereocenters. The van der Waals surface area contributed by atoms with Gasteiger partial charge >= 0.3 is 5.97 Å². The molecule has 2 N–H and O–H groups in total. The van der Waals surface area contributed by atoms with Gasteiger partial charge in [0.2, 0.25) is 5.91 Å². The fourth-order valence-corrected chi connectivity index (χ4v) is 1.73. The summed E-state index contributed by atoms with van der Waals surface area (Å²) in [6.45, 7) is 1.86. The number of carbonyl (C=O) groups excluding carboxylic acids is 1. The second-order valence-electron chi connectivity index (χ2n) is 4.22.